The van der Waals surface area contributed by atoms with E-state index in [4.69, 9.17) is 22.3 Å². The maximum absolute atomic E-state index is 11.7. The molecule has 3 heterocycles. The van der Waals surface area contributed by atoms with Gasteiger partial charge in [-0.2, -0.15) is 15.0 Å². The quantitative estimate of drug-likeness (QED) is 0.636. The van der Waals surface area contributed by atoms with E-state index in [1.54, 1.807) is 13.8 Å². The number of para-hydroxylation sites is 1. The molecule has 9 nitrogen and oxygen atoms in total. The van der Waals surface area contributed by atoms with Crippen LogP contribution in [-0.2, 0) is 4.79 Å². The molecule has 0 saturated carbocycles. The number of pyridine rings is 1. The second kappa shape index (κ2) is 8.50. The number of nitrogens with one attached hydrogen (secondary N) is 1. The van der Waals surface area contributed by atoms with E-state index in [-0.39, 0.29) is 17.9 Å². The van der Waals surface area contributed by atoms with Gasteiger partial charge in [0.15, 0.2) is 0 Å². The Hall–Kier alpha value is -3.20. The zero-order valence-corrected chi connectivity index (χ0v) is 18.5. The minimum atomic E-state index is -0.155. The first-order valence-electron chi connectivity index (χ1n) is 10.2. The lowest BCUT2D eigenvalue weighted by atomic mass is 10.0. The summed E-state index contributed by atoms with van der Waals surface area (Å²) in [6.45, 7) is 8.10. The predicted molar refractivity (Wildman–Crippen MR) is 122 cm³/mol. The number of nitrogens with zero attached hydrogens (tertiary/aromatic N) is 6. The molecule has 0 unspecified atom stereocenters. The molecule has 10 heteroatoms. The number of halogens is 1. The highest BCUT2D eigenvalue weighted by Crippen LogP contribution is 2.33. The summed E-state index contributed by atoms with van der Waals surface area (Å²) >= 11 is 6.44. The molecule has 31 heavy (non-hydrogen) atoms. The molecule has 2 aromatic heterocycles. The molecule has 1 saturated heterocycles. The van der Waals surface area contributed by atoms with Gasteiger partial charge in [-0.15, -0.1) is 0 Å². The molecular formula is C21H25ClN8O. The highest BCUT2D eigenvalue weighted by Gasteiger charge is 2.24. The molecule has 3 N–H and O–H groups in total. The molecule has 1 aliphatic rings. The van der Waals surface area contributed by atoms with Crippen LogP contribution in [0.25, 0.3) is 10.9 Å². The van der Waals surface area contributed by atoms with Crippen molar-refractivity contribution in [1.82, 2.24) is 24.8 Å². The summed E-state index contributed by atoms with van der Waals surface area (Å²) < 4.78 is 0. The normalized spacial score (nSPS) is 15.2. The smallest absolute Gasteiger partial charge is 0.228 e. The Morgan fingerprint density at radius 1 is 1.16 bits per heavy atom. The van der Waals surface area contributed by atoms with Gasteiger partial charge in [-0.1, -0.05) is 23.7 Å². The van der Waals surface area contributed by atoms with Crippen LogP contribution >= 0.6 is 11.6 Å². The van der Waals surface area contributed by atoms with Gasteiger partial charge in [0.25, 0.3) is 0 Å². The van der Waals surface area contributed by atoms with Crippen molar-refractivity contribution in [3.8, 4) is 0 Å². The molecule has 4 rings (SSSR count). The van der Waals surface area contributed by atoms with E-state index in [9.17, 15) is 4.79 Å². The average Bonchev–Trinajstić information content (AvgIpc) is 2.72. The number of hydrogen-bond donors (Lipinski definition) is 2. The first kappa shape index (κ1) is 21.0. The van der Waals surface area contributed by atoms with Crippen LogP contribution in [0.3, 0.4) is 0 Å². The molecule has 0 spiro atoms. The van der Waals surface area contributed by atoms with Crippen molar-refractivity contribution in [1.29, 1.82) is 0 Å². The maximum atomic E-state index is 11.7. The summed E-state index contributed by atoms with van der Waals surface area (Å²) in [4.78, 5) is 33.3. The molecule has 1 fully saturated rings. The zero-order chi connectivity index (χ0) is 22.1. The van der Waals surface area contributed by atoms with E-state index in [0.717, 1.165) is 22.3 Å². The number of nitrogens with two attached hydrogens (primary N) is 1. The summed E-state index contributed by atoms with van der Waals surface area (Å²) in [5, 5.41) is 4.88. The van der Waals surface area contributed by atoms with E-state index >= 15 is 0 Å². The average molecular weight is 441 g/mol. The van der Waals surface area contributed by atoms with Crippen molar-refractivity contribution < 1.29 is 4.79 Å². The molecule has 1 atom stereocenters. The number of anilines is 3. The summed E-state index contributed by atoms with van der Waals surface area (Å²) in [6, 6.07) is 7.68. The Balaban J connectivity index is 1.72. The number of rotatable bonds is 4. The van der Waals surface area contributed by atoms with Gasteiger partial charge >= 0.3 is 0 Å². The second-order valence-electron chi connectivity index (χ2n) is 7.64. The SMILES string of the molecule is CC(=O)N1CCN(c2nc3c(Cl)cccc3cc2[C@H](C)Nc2nc(C)nc(N)n2)CC1. The summed E-state index contributed by atoms with van der Waals surface area (Å²) in [5.41, 5.74) is 7.52. The number of carbonyl (C=O) groups excluding carboxylic acids is 1. The van der Waals surface area contributed by atoms with Gasteiger partial charge in [-0.3, -0.25) is 4.79 Å². The lowest BCUT2D eigenvalue weighted by molar-refractivity contribution is -0.129. The van der Waals surface area contributed by atoms with Gasteiger partial charge < -0.3 is 20.9 Å². The Morgan fingerprint density at radius 2 is 1.90 bits per heavy atom. The van der Waals surface area contributed by atoms with Crippen LogP contribution < -0.4 is 16.0 Å². The largest absolute Gasteiger partial charge is 0.368 e. The van der Waals surface area contributed by atoms with Crippen LogP contribution in [0.1, 0.15) is 31.3 Å². The van der Waals surface area contributed by atoms with Crippen molar-refractivity contribution in [3.63, 3.8) is 0 Å². The second-order valence-corrected chi connectivity index (χ2v) is 8.04. The summed E-state index contributed by atoms with van der Waals surface area (Å²) in [6.07, 6.45) is 0. The monoisotopic (exact) mass is 440 g/mol. The third kappa shape index (κ3) is 4.46. The number of carbonyl (C=O) groups is 1. The van der Waals surface area contributed by atoms with Crippen LogP contribution in [0.4, 0.5) is 17.7 Å². The standard InChI is InChI=1S/C21H25ClN8O/c1-12(24-21-26-13(2)25-20(23)28-21)16-11-15-5-4-6-17(22)18(15)27-19(16)30-9-7-29(8-10-30)14(3)31/h4-6,11-12H,7-10H2,1-3H3,(H3,23,24,25,26,28)/t12-/m0/s1. The van der Waals surface area contributed by atoms with Crippen LogP contribution in [0.5, 0.6) is 0 Å². The molecule has 1 aliphatic heterocycles. The highest BCUT2D eigenvalue weighted by atomic mass is 35.5. The van der Waals surface area contributed by atoms with Gasteiger partial charge in [0.1, 0.15) is 11.6 Å². The Labute approximate surface area is 185 Å². The Bertz CT molecular complexity index is 1110. The van der Waals surface area contributed by atoms with Crippen molar-refractivity contribution in [2.75, 3.05) is 42.1 Å². The molecule has 1 amide bonds. The molecule has 1 aromatic carbocycles. The zero-order valence-electron chi connectivity index (χ0n) is 17.8. The molecule has 0 aliphatic carbocycles. The van der Waals surface area contributed by atoms with Gasteiger partial charge in [0.05, 0.1) is 16.6 Å². The topological polar surface area (TPSA) is 113 Å². The molecule has 162 valence electrons. The van der Waals surface area contributed by atoms with E-state index in [2.05, 4.69) is 31.2 Å². The highest BCUT2D eigenvalue weighted by molar-refractivity contribution is 6.35. The molecule has 3 aromatic rings. The van der Waals surface area contributed by atoms with Crippen molar-refractivity contribution in [3.05, 3.63) is 40.7 Å². The van der Waals surface area contributed by atoms with Gasteiger partial charge in [-0.25, -0.2) is 4.98 Å². The van der Waals surface area contributed by atoms with Gasteiger partial charge in [0, 0.05) is 44.1 Å². The maximum Gasteiger partial charge on any atom is 0.228 e. The Morgan fingerprint density at radius 3 is 2.58 bits per heavy atom. The first-order valence-corrected chi connectivity index (χ1v) is 10.5. The third-order valence-corrected chi connectivity index (χ3v) is 5.71. The molecule has 0 radical (unpaired) electrons. The lowest BCUT2D eigenvalue weighted by Crippen LogP contribution is -2.48. The van der Waals surface area contributed by atoms with Crippen molar-refractivity contribution in [2.24, 2.45) is 0 Å². The fraction of sp³-hybridized carbons (Fsp3) is 0.381. The number of benzene rings is 1. The van der Waals surface area contributed by atoms with E-state index in [1.165, 1.54) is 0 Å². The number of amides is 1. The fourth-order valence-electron chi connectivity index (χ4n) is 3.81. The van der Waals surface area contributed by atoms with Crippen LogP contribution in [0.15, 0.2) is 24.3 Å². The summed E-state index contributed by atoms with van der Waals surface area (Å²) in [5.74, 6) is 2.06. The third-order valence-electron chi connectivity index (χ3n) is 5.41. The van der Waals surface area contributed by atoms with Crippen molar-refractivity contribution in [2.45, 2.75) is 26.8 Å². The number of aryl methyl sites for hydroxylation is 1. The molecular weight excluding hydrogens is 416 g/mol. The number of fused-ring (bicyclic) bond motifs is 1. The number of hydrogen-bond acceptors (Lipinski definition) is 8. The number of aromatic nitrogens is 4. The predicted octanol–water partition coefficient (Wildman–Crippen LogP) is 2.81. The molecule has 0 bridgehead atoms. The Kier molecular flexibility index (Phi) is 5.77. The van der Waals surface area contributed by atoms with Gasteiger partial charge in [-0.05, 0) is 26.0 Å². The summed E-state index contributed by atoms with van der Waals surface area (Å²) in [7, 11) is 0. The minimum absolute atomic E-state index is 0.0900. The fourth-order valence-corrected chi connectivity index (χ4v) is 4.04. The van der Waals surface area contributed by atoms with E-state index in [0.29, 0.717) is 43.0 Å². The minimum Gasteiger partial charge on any atom is -0.368 e. The number of piperazine rings is 1. The van der Waals surface area contributed by atoms with Crippen LogP contribution in [0.2, 0.25) is 5.02 Å². The first-order chi connectivity index (χ1) is 14.8. The van der Waals surface area contributed by atoms with E-state index in [1.807, 2.05) is 30.0 Å². The lowest BCUT2D eigenvalue weighted by Gasteiger charge is -2.36. The van der Waals surface area contributed by atoms with Crippen molar-refractivity contribution >= 4 is 46.1 Å². The number of nitrogen functional groups attached to an aromatic ring is 1. The van der Waals surface area contributed by atoms with Gasteiger partial charge in [0.2, 0.25) is 17.8 Å². The van der Waals surface area contributed by atoms with Crippen LogP contribution in [-0.4, -0.2) is 56.9 Å². The van der Waals surface area contributed by atoms with E-state index < -0.39 is 0 Å². The van der Waals surface area contributed by atoms with Crippen LogP contribution in [0, 0.1) is 6.92 Å².